The van der Waals surface area contributed by atoms with Crippen molar-refractivity contribution < 1.29 is 22.4 Å². The first-order valence-corrected chi connectivity index (χ1v) is 5.29. The minimum absolute atomic E-state index is 0.0986. The summed E-state index contributed by atoms with van der Waals surface area (Å²) in [6.45, 7) is 3.16. The summed E-state index contributed by atoms with van der Waals surface area (Å²) >= 11 is 0. The van der Waals surface area contributed by atoms with Gasteiger partial charge in [0.25, 0.3) is 0 Å². The fourth-order valence-electron chi connectivity index (χ4n) is 1.10. The molecule has 0 radical (unpaired) electrons. The van der Waals surface area contributed by atoms with Gasteiger partial charge >= 0.3 is 6.18 Å². The highest BCUT2D eigenvalue weighted by Crippen LogP contribution is 2.14. The van der Waals surface area contributed by atoms with Gasteiger partial charge in [0.05, 0.1) is 13.2 Å². The summed E-state index contributed by atoms with van der Waals surface area (Å²) in [7, 11) is 0. The molecule has 0 spiro atoms. The zero-order chi connectivity index (χ0) is 13.4. The topological polar surface area (TPSA) is 60.2 Å². The van der Waals surface area contributed by atoms with Crippen LogP contribution in [0.15, 0.2) is 17.2 Å². The Morgan fingerprint density at radius 2 is 2.22 bits per heavy atom. The number of aromatic nitrogens is 2. The standard InChI is InChI=1S/C10H14F3N3O2/c1-2-4-14-6-9-15-8(16-18-9)3-5-17-7-10(11,12)13/h2,14H,1,3-7H2. The van der Waals surface area contributed by atoms with E-state index in [0.29, 0.717) is 24.8 Å². The number of alkyl halides is 3. The molecule has 0 saturated carbocycles. The molecule has 0 amide bonds. The SMILES string of the molecule is C=CCNCc1nc(CCOCC(F)(F)F)no1. The molecule has 102 valence electrons. The fraction of sp³-hybridized carbons (Fsp3) is 0.600. The van der Waals surface area contributed by atoms with Gasteiger partial charge in [-0.05, 0) is 0 Å². The van der Waals surface area contributed by atoms with Gasteiger partial charge in [-0.15, -0.1) is 6.58 Å². The Labute approximate surface area is 102 Å². The highest BCUT2D eigenvalue weighted by Gasteiger charge is 2.27. The van der Waals surface area contributed by atoms with Crippen molar-refractivity contribution in [2.24, 2.45) is 0 Å². The number of hydrogen-bond acceptors (Lipinski definition) is 5. The van der Waals surface area contributed by atoms with Crippen molar-refractivity contribution in [3.63, 3.8) is 0 Å². The maximum atomic E-state index is 11.8. The van der Waals surface area contributed by atoms with Crippen LogP contribution in [-0.4, -0.2) is 36.1 Å². The van der Waals surface area contributed by atoms with Gasteiger partial charge < -0.3 is 14.6 Å². The molecule has 0 saturated heterocycles. The summed E-state index contributed by atoms with van der Waals surface area (Å²) in [4.78, 5) is 3.98. The van der Waals surface area contributed by atoms with Crippen molar-refractivity contribution in [2.45, 2.75) is 19.1 Å². The molecule has 1 rings (SSSR count). The summed E-state index contributed by atoms with van der Waals surface area (Å²) in [5.74, 6) is 0.704. The number of halogens is 3. The van der Waals surface area contributed by atoms with E-state index < -0.39 is 12.8 Å². The lowest BCUT2D eigenvalue weighted by Gasteiger charge is -2.05. The number of nitrogens with zero attached hydrogens (tertiary/aromatic N) is 2. The van der Waals surface area contributed by atoms with Gasteiger partial charge in [0.15, 0.2) is 5.82 Å². The maximum absolute atomic E-state index is 11.8. The van der Waals surface area contributed by atoms with Crippen molar-refractivity contribution >= 4 is 0 Å². The average molecular weight is 265 g/mol. The third-order valence-electron chi connectivity index (χ3n) is 1.81. The predicted octanol–water partition coefficient (Wildman–Crippen LogP) is 1.47. The van der Waals surface area contributed by atoms with Crippen LogP contribution in [0.4, 0.5) is 13.2 Å². The predicted molar refractivity (Wildman–Crippen MR) is 56.8 cm³/mol. The number of rotatable bonds is 8. The Hall–Kier alpha value is -1.41. The van der Waals surface area contributed by atoms with Crippen molar-refractivity contribution in [1.82, 2.24) is 15.5 Å². The van der Waals surface area contributed by atoms with Crippen LogP contribution >= 0.6 is 0 Å². The minimum atomic E-state index is -4.31. The van der Waals surface area contributed by atoms with Gasteiger partial charge in [0.1, 0.15) is 6.61 Å². The Morgan fingerprint density at radius 3 is 2.89 bits per heavy atom. The Bertz CT molecular complexity index is 365. The third-order valence-corrected chi connectivity index (χ3v) is 1.81. The third kappa shape index (κ3) is 6.36. The van der Waals surface area contributed by atoms with E-state index in [1.165, 1.54) is 0 Å². The molecule has 1 aromatic rings. The lowest BCUT2D eigenvalue weighted by atomic mass is 10.4. The monoisotopic (exact) mass is 265 g/mol. The fourth-order valence-corrected chi connectivity index (χ4v) is 1.10. The van der Waals surface area contributed by atoms with Crippen LogP contribution in [0.25, 0.3) is 0 Å². The zero-order valence-corrected chi connectivity index (χ0v) is 9.66. The molecule has 0 aromatic carbocycles. The molecule has 5 nitrogen and oxygen atoms in total. The van der Waals surface area contributed by atoms with Crippen LogP contribution in [0.1, 0.15) is 11.7 Å². The maximum Gasteiger partial charge on any atom is 0.411 e. The molecule has 0 bridgehead atoms. The normalized spacial score (nSPS) is 11.7. The highest BCUT2D eigenvalue weighted by atomic mass is 19.4. The number of nitrogens with one attached hydrogen (secondary N) is 1. The van der Waals surface area contributed by atoms with Crippen molar-refractivity contribution in [3.8, 4) is 0 Å². The summed E-state index contributed by atoms with van der Waals surface area (Å²) in [5.41, 5.74) is 0. The van der Waals surface area contributed by atoms with Crippen LogP contribution in [0.5, 0.6) is 0 Å². The largest absolute Gasteiger partial charge is 0.411 e. The zero-order valence-electron chi connectivity index (χ0n) is 9.66. The Balaban J connectivity index is 2.20. The van der Waals surface area contributed by atoms with Crippen LogP contribution in [0.2, 0.25) is 0 Å². The first-order chi connectivity index (χ1) is 8.51. The molecule has 1 N–H and O–H groups in total. The summed E-state index contributed by atoms with van der Waals surface area (Å²) < 4.78 is 44.6. The Kier molecular flexibility index (Phi) is 5.79. The molecule has 0 fully saturated rings. The molecule has 0 unspecified atom stereocenters. The molecule has 1 heterocycles. The molecule has 0 aliphatic carbocycles. The van der Waals surface area contributed by atoms with E-state index in [-0.39, 0.29) is 13.0 Å². The van der Waals surface area contributed by atoms with E-state index >= 15 is 0 Å². The summed E-state index contributed by atoms with van der Waals surface area (Å²) in [5, 5.41) is 6.57. The highest BCUT2D eigenvalue weighted by molar-refractivity contribution is 4.86. The average Bonchev–Trinajstić information content (AvgIpc) is 2.72. The van der Waals surface area contributed by atoms with Gasteiger partial charge in [0, 0.05) is 13.0 Å². The quantitative estimate of drug-likeness (QED) is 0.569. The molecule has 0 aliphatic rings. The van der Waals surface area contributed by atoms with Crippen LogP contribution in [-0.2, 0) is 17.7 Å². The molecule has 18 heavy (non-hydrogen) atoms. The second-order valence-electron chi connectivity index (χ2n) is 3.44. The van der Waals surface area contributed by atoms with Gasteiger partial charge in [-0.1, -0.05) is 11.2 Å². The van der Waals surface area contributed by atoms with Crippen molar-refractivity contribution in [3.05, 3.63) is 24.4 Å². The van der Waals surface area contributed by atoms with Crippen molar-refractivity contribution in [2.75, 3.05) is 19.8 Å². The van der Waals surface area contributed by atoms with Crippen LogP contribution < -0.4 is 5.32 Å². The van der Waals surface area contributed by atoms with Gasteiger partial charge in [-0.25, -0.2) is 0 Å². The molecule has 0 atom stereocenters. The van der Waals surface area contributed by atoms with Crippen LogP contribution in [0, 0.1) is 0 Å². The second-order valence-corrected chi connectivity index (χ2v) is 3.44. The van der Waals surface area contributed by atoms with E-state index in [4.69, 9.17) is 4.52 Å². The van der Waals surface area contributed by atoms with Crippen molar-refractivity contribution in [1.29, 1.82) is 0 Å². The first kappa shape index (κ1) is 14.7. The van der Waals surface area contributed by atoms with Gasteiger partial charge in [0.2, 0.25) is 5.89 Å². The molecule has 1 aromatic heterocycles. The summed E-state index contributed by atoms with van der Waals surface area (Å²) in [6, 6.07) is 0. The van der Waals surface area contributed by atoms with Gasteiger partial charge in [-0.3, -0.25) is 0 Å². The second kappa shape index (κ2) is 7.12. The number of hydrogen-bond donors (Lipinski definition) is 1. The van der Waals surface area contributed by atoms with E-state index in [1.54, 1.807) is 6.08 Å². The minimum Gasteiger partial charge on any atom is -0.372 e. The smallest absolute Gasteiger partial charge is 0.372 e. The van der Waals surface area contributed by atoms with Crippen LogP contribution in [0.3, 0.4) is 0 Å². The van der Waals surface area contributed by atoms with E-state index in [1.807, 2.05) is 0 Å². The molecule has 0 aliphatic heterocycles. The Morgan fingerprint density at radius 1 is 1.44 bits per heavy atom. The molecular weight excluding hydrogens is 251 g/mol. The van der Waals surface area contributed by atoms with E-state index in [0.717, 1.165) is 0 Å². The lowest BCUT2D eigenvalue weighted by molar-refractivity contribution is -0.173. The van der Waals surface area contributed by atoms with E-state index in [2.05, 4.69) is 26.8 Å². The van der Waals surface area contributed by atoms with Gasteiger partial charge in [-0.2, -0.15) is 18.2 Å². The lowest BCUT2D eigenvalue weighted by Crippen LogP contribution is -2.18. The first-order valence-electron chi connectivity index (χ1n) is 5.29. The molecule has 8 heteroatoms. The summed E-state index contributed by atoms with van der Waals surface area (Å²) in [6.07, 6.45) is -2.44. The molecular formula is C10H14F3N3O2. The van der Waals surface area contributed by atoms with E-state index in [9.17, 15) is 13.2 Å². The number of ether oxygens (including phenoxy) is 1.